The Morgan fingerprint density at radius 1 is 1.35 bits per heavy atom. The molecule has 106 valence electrons. The monoisotopic (exact) mass is 288 g/mol. The molecule has 1 saturated carbocycles. The van der Waals surface area contributed by atoms with Crippen molar-refractivity contribution in [2.75, 3.05) is 6.54 Å². The largest absolute Gasteiger partial charge is 0.392 e. The maximum absolute atomic E-state index is 12.9. The van der Waals surface area contributed by atoms with Gasteiger partial charge in [0.2, 0.25) is 5.91 Å². The van der Waals surface area contributed by atoms with E-state index in [2.05, 4.69) is 25.1 Å². The van der Waals surface area contributed by atoms with Crippen molar-refractivity contribution in [3.05, 3.63) is 35.4 Å². The van der Waals surface area contributed by atoms with Crippen LogP contribution in [0.2, 0.25) is 0 Å². The number of hydrogen-bond acceptors (Lipinski definition) is 2. The van der Waals surface area contributed by atoms with E-state index in [1.54, 1.807) is 0 Å². The lowest BCUT2D eigenvalue weighted by Gasteiger charge is -2.47. The van der Waals surface area contributed by atoms with Crippen molar-refractivity contribution in [1.82, 2.24) is 4.90 Å². The number of carbonyl (C=O) groups excluding carboxylic acids is 1. The van der Waals surface area contributed by atoms with Crippen molar-refractivity contribution in [3.8, 4) is 0 Å². The molecular weight excluding hydrogens is 268 g/mol. The first kappa shape index (κ1) is 13.6. The van der Waals surface area contributed by atoms with Crippen LogP contribution in [0.15, 0.2) is 24.3 Å². The topological polar surface area (TPSA) is 46.3 Å². The Labute approximate surface area is 125 Å². The molecule has 3 rings (SSSR count). The van der Waals surface area contributed by atoms with E-state index in [0.29, 0.717) is 17.5 Å². The molecule has 3 nitrogen and oxygen atoms in total. The number of benzene rings is 1. The Kier molecular flexibility index (Phi) is 3.28. The Hall–Kier alpha value is -1.42. The third-order valence-corrected chi connectivity index (χ3v) is 5.08. The summed E-state index contributed by atoms with van der Waals surface area (Å²) in [7, 11) is 0. The molecule has 0 aromatic heterocycles. The molecule has 0 radical (unpaired) electrons. The van der Waals surface area contributed by atoms with Crippen LogP contribution in [0.25, 0.3) is 0 Å². The first-order chi connectivity index (χ1) is 9.53. The highest BCUT2D eigenvalue weighted by atomic mass is 32.1. The Morgan fingerprint density at radius 3 is 2.60 bits per heavy atom. The predicted molar refractivity (Wildman–Crippen MR) is 83.2 cm³/mol. The van der Waals surface area contributed by atoms with Crippen molar-refractivity contribution in [1.29, 1.82) is 0 Å². The molecule has 2 aliphatic rings. The molecule has 4 heteroatoms. The van der Waals surface area contributed by atoms with Gasteiger partial charge in [0, 0.05) is 13.1 Å². The molecule has 1 aromatic rings. The van der Waals surface area contributed by atoms with E-state index in [4.69, 9.17) is 18.0 Å². The Morgan fingerprint density at radius 2 is 2.00 bits per heavy atom. The zero-order valence-corrected chi connectivity index (χ0v) is 12.6. The summed E-state index contributed by atoms with van der Waals surface area (Å²) in [4.78, 5) is 15.2. The molecule has 0 bridgehead atoms. The van der Waals surface area contributed by atoms with Gasteiger partial charge >= 0.3 is 0 Å². The lowest BCUT2D eigenvalue weighted by Crippen LogP contribution is -2.57. The number of fused-ring (bicyclic) bond motifs is 1. The quantitative estimate of drug-likeness (QED) is 0.849. The summed E-state index contributed by atoms with van der Waals surface area (Å²) in [6.07, 6.45) is 2.53. The molecule has 1 aliphatic heterocycles. The second-order valence-electron chi connectivity index (χ2n) is 6.21. The number of nitrogens with two attached hydrogens (primary N) is 1. The van der Waals surface area contributed by atoms with E-state index in [0.717, 1.165) is 25.8 Å². The fourth-order valence-corrected chi connectivity index (χ4v) is 3.84. The van der Waals surface area contributed by atoms with Gasteiger partial charge in [0.1, 0.15) is 0 Å². The highest BCUT2D eigenvalue weighted by molar-refractivity contribution is 7.80. The minimum atomic E-state index is -0.568. The number of rotatable bonds is 2. The first-order valence-electron chi connectivity index (χ1n) is 7.19. The van der Waals surface area contributed by atoms with E-state index in [1.807, 2.05) is 11.0 Å². The lowest BCUT2D eigenvalue weighted by atomic mass is 9.61. The van der Waals surface area contributed by atoms with Gasteiger partial charge in [0.05, 0.1) is 10.4 Å². The number of amides is 1. The average Bonchev–Trinajstić information content (AvgIpc) is 2.42. The summed E-state index contributed by atoms with van der Waals surface area (Å²) < 4.78 is 0. The van der Waals surface area contributed by atoms with E-state index in [1.165, 1.54) is 11.1 Å². The normalized spacial score (nSPS) is 28.4. The van der Waals surface area contributed by atoms with Gasteiger partial charge in [0.15, 0.2) is 0 Å². The second-order valence-corrected chi connectivity index (χ2v) is 6.65. The molecule has 1 aromatic carbocycles. The van der Waals surface area contributed by atoms with Crippen LogP contribution in [-0.2, 0) is 17.8 Å². The minimum absolute atomic E-state index is 0.137. The molecule has 0 spiro atoms. The Balaban J connectivity index is 1.81. The number of hydrogen-bond donors (Lipinski definition) is 1. The highest BCUT2D eigenvalue weighted by Gasteiger charge is 2.52. The third kappa shape index (κ3) is 2.03. The van der Waals surface area contributed by atoms with Crippen LogP contribution in [0.3, 0.4) is 0 Å². The van der Waals surface area contributed by atoms with Gasteiger partial charge in [-0.2, -0.15) is 0 Å². The summed E-state index contributed by atoms with van der Waals surface area (Å²) in [6.45, 7) is 3.61. The van der Waals surface area contributed by atoms with E-state index in [9.17, 15) is 4.79 Å². The van der Waals surface area contributed by atoms with Gasteiger partial charge in [-0.15, -0.1) is 0 Å². The minimum Gasteiger partial charge on any atom is -0.392 e. The van der Waals surface area contributed by atoms with Gasteiger partial charge in [-0.05, 0) is 36.3 Å². The summed E-state index contributed by atoms with van der Waals surface area (Å²) >= 11 is 5.19. The van der Waals surface area contributed by atoms with Gasteiger partial charge in [-0.25, -0.2) is 0 Å². The van der Waals surface area contributed by atoms with Crippen LogP contribution < -0.4 is 5.73 Å². The molecule has 1 aliphatic carbocycles. The summed E-state index contributed by atoms with van der Waals surface area (Å²) in [5, 5.41) is 0. The number of nitrogens with zero attached hydrogens (tertiary/aromatic N) is 1. The third-order valence-electron chi connectivity index (χ3n) is 4.69. The van der Waals surface area contributed by atoms with Crippen LogP contribution in [0.1, 0.15) is 30.9 Å². The molecule has 0 unspecified atom stereocenters. The zero-order chi connectivity index (χ0) is 14.3. The van der Waals surface area contributed by atoms with Gasteiger partial charge in [-0.1, -0.05) is 43.4 Å². The zero-order valence-electron chi connectivity index (χ0n) is 11.8. The van der Waals surface area contributed by atoms with E-state index >= 15 is 0 Å². The van der Waals surface area contributed by atoms with Crippen LogP contribution in [0, 0.1) is 11.3 Å². The fraction of sp³-hybridized carbons (Fsp3) is 0.500. The molecule has 1 fully saturated rings. The standard InChI is InChI=1S/C16H20N2OS/c1-11-8-16(9-11,14(17)20)15(19)18-7-6-12-4-2-3-5-13(12)10-18/h2-5,11H,6-10H2,1H3,(H2,17,20). The Bertz CT molecular complexity index is 563. The number of thiocarbonyl (C=S) groups is 1. The predicted octanol–water partition coefficient (Wildman–Crippen LogP) is 2.27. The van der Waals surface area contributed by atoms with E-state index < -0.39 is 5.41 Å². The van der Waals surface area contributed by atoms with Crippen LogP contribution in [0.4, 0.5) is 0 Å². The average molecular weight is 288 g/mol. The van der Waals surface area contributed by atoms with E-state index in [-0.39, 0.29) is 5.91 Å². The van der Waals surface area contributed by atoms with Crippen molar-refractivity contribution in [2.45, 2.75) is 32.7 Å². The van der Waals surface area contributed by atoms with Crippen molar-refractivity contribution >= 4 is 23.1 Å². The van der Waals surface area contributed by atoms with Crippen molar-refractivity contribution < 1.29 is 4.79 Å². The number of carbonyl (C=O) groups is 1. The summed E-state index contributed by atoms with van der Waals surface area (Å²) in [5.41, 5.74) is 7.91. The van der Waals surface area contributed by atoms with Crippen LogP contribution >= 0.6 is 12.2 Å². The van der Waals surface area contributed by atoms with Crippen molar-refractivity contribution in [3.63, 3.8) is 0 Å². The van der Waals surface area contributed by atoms with Gasteiger partial charge < -0.3 is 10.6 Å². The molecule has 0 atom stereocenters. The maximum atomic E-state index is 12.9. The first-order valence-corrected chi connectivity index (χ1v) is 7.60. The molecular formula is C16H20N2OS. The van der Waals surface area contributed by atoms with Gasteiger partial charge in [0.25, 0.3) is 0 Å². The summed E-state index contributed by atoms with van der Waals surface area (Å²) in [6, 6.07) is 8.33. The fourth-order valence-electron chi connectivity index (χ4n) is 3.58. The highest BCUT2D eigenvalue weighted by Crippen LogP contribution is 2.47. The summed E-state index contributed by atoms with van der Waals surface area (Å²) in [5.74, 6) is 0.676. The maximum Gasteiger partial charge on any atom is 0.235 e. The van der Waals surface area contributed by atoms with Crippen LogP contribution in [0.5, 0.6) is 0 Å². The molecule has 0 saturated heterocycles. The molecule has 1 amide bonds. The molecule has 20 heavy (non-hydrogen) atoms. The van der Waals surface area contributed by atoms with Crippen molar-refractivity contribution in [2.24, 2.45) is 17.1 Å². The van der Waals surface area contributed by atoms with Gasteiger partial charge in [-0.3, -0.25) is 4.79 Å². The molecule has 1 heterocycles. The van der Waals surface area contributed by atoms with Crippen LogP contribution in [-0.4, -0.2) is 22.3 Å². The SMILES string of the molecule is CC1CC(C(=O)N2CCc3ccccc3C2)(C(N)=S)C1. The smallest absolute Gasteiger partial charge is 0.235 e. The second kappa shape index (κ2) is 4.85. The molecule has 2 N–H and O–H groups in total. The lowest BCUT2D eigenvalue weighted by molar-refractivity contribution is -0.145.